The number of rotatable bonds is 6. The van der Waals surface area contributed by atoms with E-state index >= 15 is 0 Å². The van der Waals surface area contributed by atoms with Gasteiger partial charge in [0.2, 0.25) is 0 Å². The summed E-state index contributed by atoms with van der Waals surface area (Å²) in [6, 6.07) is 4.33. The molecule has 140 valence electrons. The summed E-state index contributed by atoms with van der Waals surface area (Å²) in [5.41, 5.74) is 0.119. The van der Waals surface area contributed by atoms with Gasteiger partial charge in [-0.15, -0.1) is 30.6 Å². The zero-order valence-corrected chi connectivity index (χ0v) is 17.2. The molecule has 1 aromatic rings. The van der Waals surface area contributed by atoms with Crippen LogP contribution in [0.5, 0.6) is 0 Å². The molecule has 0 amide bonds. The molecule has 2 heterocycles. The maximum absolute atomic E-state index is 6.12. The monoisotopic (exact) mass is 459 g/mol. The number of aliphatic imine (C=N–C) groups is 1. The zero-order chi connectivity index (χ0) is 16.7. The zero-order valence-electron chi connectivity index (χ0n) is 14.8. The summed E-state index contributed by atoms with van der Waals surface area (Å²) < 4.78 is 11.5. The Bertz CT molecular complexity index is 539. The Morgan fingerprint density at radius 1 is 1.40 bits per heavy atom. The lowest BCUT2D eigenvalue weighted by Crippen LogP contribution is -2.50. The molecule has 1 saturated heterocycles. The number of nitrogens with zero attached hydrogens (tertiary/aromatic N) is 1. The van der Waals surface area contributed by atoms with Crippen molar-refractivity contribution in [2.24, 2.45) is 4.99 Å². The maximum atomic E-state index is 6.12. The number of hydrogen-bond acceptors (Lipinski definition) is 3. The lowest BCUT2D eigenvalue weighted by atomic mass is 9.89. The number of ether oxygens (including phenoxy) is 1. The molecule has 2 aliphatic rings. The van der Waals surface area contributed by atoms with E-state index in [2.05, 4.69) is 17.2 Å². The van der Waals surface area contributed by atoms with Crippen LogP contribution in [0.15, 0.2) is 40.5 Å². The largest absolute Gasteiger partial charge is 0.469 e. The SMILES string of the molecule is C=CCNC(=NCCc1ccco1)NC1CCOC2(CCCC2)C1.I. The van der Waals surface area contributed by atoms with E-state index in [0.29, 0.717) is 19.1 Å². The van der Waals surface area contributed by atoms with Crippen molar-refractivity contribution in [3.05, 3.63) is 36.8 Å². The van der Waals surface area contributed by atoms with Gasteiger partial charge in [-0.2, -0.15) is 0 Å². The fourth-order valence-electron chi connectivity index (χ4n) is 3.77. The molecule has 6 heteroatoms. The molecular formula is C19H30IN3O2. The van der Waals surface area contributed by atoms with Crippen LogP contribution in [0.4, 0.5) is 0 Å². The minimum Gasteiger partial charge on any atom is -0.469 e. The standard InChI is InChI=1S/C19H29N3O2.HI/c1-2-11-20-18(21-12-7-17-6-5-13-23-17)22-16-8-14-24-19(15-16)9-3-4-10-19;/h2,5-6,13,16H,1,3-4,7-12,14-15H2,(H2,20,21,22);1H. The van der Waals surface area contributed by atoms with E-state index in [1.54, 1.807) is 6.26 Å². The summed E-state index contributed by atoms with van der Waals surface area (Å²) in [7, 11) is 0. The van der Waals surface area contributed by atoms with Crippen LogP contribution in [-0.2, 0) is 11.2 Å². The van der Waals surface area contributed by atoms with E-state index < -0.39 is 0 Å². The smallest absolute Gasteiger partial charge is 0.191 e. The minimum absolute atomic E-state index is 0. The molecule has 1 unspecified atom stereocenters. The first-order valence-electron chi connectivity index (χ1n) is 9.12. The highest BCUT2D eigenvalue weighted by atomic mass is 127. The van der Waals surface area contributed by atoms with Crippen molar-refractivity contribution in [1.82, 2.24) is 10.6 Å². The van der Waals surface area contributed by atoms with Crippen LogP contribution in [0.2, 0.25) is 0 Å². The Balaban J connectivity index is 0.00000225. The van der Waals surface area contributed by atoms with Gasteiger partial charge < -0.3 is 19.8 Å². The Hall–Kier alpha value is -1.02. The molecule has 2 fully saturated rings. The number of halogens is 1. The first kappa shape index (κ1) is 20.3. The molecule has 2 N–H and O–H groups in total. The molecule has 25 heavy (non-hydrogen) atoms. The third kappa shape index (κ3) is 6.02. The van der Waals surface area contributed by atoms with Crippen LogP contribution in [0.25, 0.3) is 0 Å². The van der Waals surface area contributed by atoms with Crippen molar-refractivity contribution in [3.63, 3.8) is 0 Å². The number of guanidine groups is 1. The average Bonchev–Trinajstić information content (AvgIpc) is 3.25. The van der Waals surface area contributed by atoms with Gasteiger partial charge in [0.15, 0.2) is 5.96 Å². The van der Waals surface area contributed by atoms with E-state index in [4.69, 9.17) is 14.1 Å². The average molecular weight is 459 g/mol. The van der Waals surface area contributed by atoms with E-state index in [1.807, 2.05) is 18.2 Å². The second kappa shape index (κ2) is 10.2. The number of furan rings is 1. The van der Waals surface area contributed by atoms with Gasteiger partial charge >= 0.3 is 0 Å². The van der Waals surface area contributed by atoms with Crippen molar-refractivity contribution >= 4 is 29.9 Å². The summed E-state index contributed by atoms with van der Waals surface area (Å²) in [6.45, 7) is 6.04. The van der Waals surface area contributed by atoms with Gasteiger partial charge in [0, 0.05) is 32.2 Å². The Morgan fingerprint density at radius 3 is 2.96 bits per heavy atom. The van der Waals surface area contributed by atoms with E-state index in [1.165, 1.54) is 25.7 Å². The third-order valence-electron chi connectivity index (χ3n) is 4.97. The first-order valence-corrected chi connectivity index (χ1v) is 9.12. The minimum atomic E-state index is 0. The van der Waals surface area contributed by atoms with E-state index in [-0.39, 0.29) is 29.6 Å². The molecule has 0 radical (unpaired) electrons. The fraction of sp³-hybridized carbons (Fsp3) is 0.632. The van der Waals surface area contributed by atoms with Gasteiger partial charge in [-0.25, -0.2) is 0 Å². The lowest BCUT2D eigenvalue weighted by Gasteiger charge is -2.39. The third-order valence-corrected chi connectivity index (χ3v) is 4.97. The molecule has 3 rings (SSSR count). The molecule has 0 aromatic carbocycles. The van der Waals surface area contributed by atoms with Crippen molar-refractivity contribution in [2.45, 2.75) is 56.6 Å². The maximum Gasteiger partial charge on any atom is 0.191 e. The Kier molecular flexibility index (Phi) is 8.29. The highest BCUT2D eigenvalue weighted by Gasteiger charge is 2.40. The van der Waals surface area contributed by atoms with Crippen molar-refractivity contribution < 1.29 is 9.15 Å². The lowest BCUT2D eigenvalue weighted by molar-refractivity contribution is -0.0815. The quantitative estimate of drug-likeness (QED) is 0.295. The van der Waals surface area contributed by atoms with Crippen LogP contribution >= 0.6 is 24.0 Å². The summed E-state index contributed by atoms with van der Waals surface area (Å²) >= 11 is 0. The first-order chi connectivity index (χ1) is 11.8. The van der Waals surface area contributed by atoms with Crippen LogP contribution in [0.1, 0.15) is 44.3 Å². The topological polar surface area (TPSA) is 58.8 Å². The van der Waals surface area contributed by atoms with Crippen LogP contribution in [0.3, 0.4) is 0 Å². The molecular weight excluding hydrogens is 429 g/mol. The summed E-state index contributed by atoms with van der Waals surface area (Å²) in [5.74, 6) is 1.83. The van der Waals surface area contributed by atoms with Crippen molar-refractivity contribution in [2.75, 3.05) is 19.7 Å². The van der Waals surface area contributed by atoms with Gasteiger partial charge in [-0.1, -0.05) is 18.9 Å². The second-order valence-electron chi connectivity index (χ2n) is 6.80. The van der Waals surface area contributed by atoms with Crippen LogP contribution in [-0.4, -0.2) is 37.3 Å². The highest BCUT2D eigenvalue weighted by molar-refractivity contribution is 14.0. The normalized spacial score (nSPS) is 22.4. The van der Waals surface area contributed by atoms with Gasteiger partial charge in [0.1, 0.15) is 5.76 Å². The molecule has 1 aliphatic carbocycles. The van der Waals surface area contributed by atoms with Crippen molar-refractivity contribution in [1.29, 1.82) is 0 Å². The number of nitrogens with one attached hydrogen (secondary N) is 2. The molecule has 1 aromatic heterocycles. The molecule has 1 spiro atoms. The van der Waals surface area contributed by atoms with Gasteiger partial charge in [0.05, 0.1) is 11.9 Å². The highest BCUT2D eigenvalue weighted by Crippen LogP contribution is 2.39. The fourth-order valence-corrected chi connectivity index (χ4v) is 3.77. The second-order valence-corrected chi connectivity index (χ2v) is 6.80. The van der Waals surface area contributed by atoms with E-state index in [0.717, 1.165) is 37.6 Å². The van der Waals surface area contributed by atoms with Crippen molar-refractivity contribution in [3.8, 4) is 0 Å². The van der Waals surface area contributed by atoms with Crippen LogP contribution in [0, 0.1) is 0 Å². The van der Waals surface area contributed by atoms with Crippen LogP contribution < -0.4 is 10.6 Å². The van der Waals surface area contributed by atoms with Gasteiger partial charge in [0.25, 0.3) is 0 Å². The number of hydrogen-bond donors (Lipinski definition) is 2. The predicted molar refractivity (Wildman–Crippen MR) is 112 cm³/mol. The van der Waals surface area contributed by atoms with Gasteiger partial charge in [-0.3, -0.25) is 4.99 Å². The molecule has 0 bridgehead atoms. The Labute approximate surface area is 167 Å². The van der Waals surface area contributed by atoms with Gasteiger partial charge in [-0.05, 0) is 37.8 Å². The Morgan fingerprint density at radius 2 is 2.24 bits per heavy atom. The predicted octanol–water partition coefficient (Wildman–Crippen LogP) is 3.65. The summed E-state index contributed by atoms with van der Waals surface area (Å²) in [6.07, 6.45) is 11.5. The molecule has 1 saturated carbocycles. The summed E-state index contributed by atoms with van der Waals surface area (Å²) in [5, 5.41) is 6.93. The summed E-state index contributed by atoms with van der Waals surface area (Å²) in [4.78, 5) is 4.69. The molecule has 1 atom stereocenters. The molecule has 1 aliphatic heterocycles. The van der Waals surface area contributed by atoms with E-state index in [9.17, 15) is 0 Å². The molecule has 5 nitrogen and oxygen atoms in total.